The van der Waals surface area contributed by atoms with Crippen molar-refractivity contribution in [1.29, 1.82) is 0 Å². The van der Waals surface area contributed by atoms with E-state index < -0.39 is 12.1 Å². The van der Waals surface area contributed by atoms with E-state index in [9.17, 15) is 9.90 Å². The Morgan fingerprint density at radius 2 is 2.00 bits per heavy atom. The minimum absolute atomic E-state index is 0.102. The monoisotopic (exact) mass is 499 g/mol. The summed E-state index contributed by atoms with van der Waals surface area (Å²) in [4.78, 5) is 16.6. The van der Waals surface area contributed by atoms with Gasteiger partial charge in [-0.3, -0.25) is 0 Å². The van der Waals surface area contributed by atoms with Crippen molar-refractivity contribution in [3.05, 3.63) is 59.4 Å². The van der Waals surface area contributed by atoms with Crippen molar-refractivity contribution in [2.24, 2.45) is 5.73 Å². The van der Waals surface area contributed by atoms with Crippen molar-refractivity contribution < 1.29 is 23.8 Å². The molecule has 7 nitrogen and oxygen atoms in total. The van der Waals surface area contributed by atoms with E-state index in [4.69, 9.17) is 15.2 Å². The number of β-amino-alcohol motifs (C(OH)–C–C–N with tert-alkyl or cyclic N) is 1. The Morgan fingerprint density at radius 3 is 2.72 bits per heavy atom. The molecule has 0 radical (unpaired) electrons. The van der Waals surface area contributed by atoms with E-state index in [1.807, 2.05) is 37.3 Å². The lowest BCUT2D eigenvalue weighted by molar-refractivity contribution is -0.0338. The number of aryl methyl sites for hydroxylation is 1. The average Bonchev–Trinajstić information content (AvgIpc) is 3.21. The van der Waals surface area contributed by atoms with Gasteiger partial charge in [-0.2, -0.15) is 0 Å². The highest BCUT2D eigenvalue weighted by Crippen LogP contribution is 2.38. The smallest absolute Gasteiger partial charge is 0.320 e. The number of nitrogens with zero attached hydrogens (tertiary/aromatic N) is 2. The van der Waals surface area contributed by atoms with Crippen molar-refractivity contribution in [2.75, 3.05) is 46.5 Å². The first-order valence-corrected chi connectivity index (χ1v) is 12.8. The number of hydrogen-bond acceptors (Lipinski definition) is 5. The lowest BCUT2D eigenvalue weighted by atomic mass is 9.82. The van der Waals surface area contributed by atoms with Crippen LogP contribution in [0.25, 0.3) is 11.1 Å². The van der Waals surface area contributed by atoms with E-state index in [2.05, 4.69) is 0 Å². The number of methoxy groups -OCH3 is 1. The summed E-state index contributed by atoms with van der Waals surface area (Å²) in [6, 6.07) is 12.6. The van der Waals surface area contributed by atoms with Crippen LogP contribution in [0.2, 0.25) is 0 Å². The molecule has 196 valence electrons. The number of benzene rings is 2. The summed E-state index contributed by atoms with van der Waals surface area (Å²) in [6.45, 7) is 4.52. The third-order valence-corrected chi connectivity index (χ3v) is 7.28. The zero-order valence-corrected chi connectivity index (χ0v) is 21.2. The summed E-state index contributed by atoms with van der Waals surface area (Å²) in [5.74, 6) is -0.362. The summed E-state index contributed by atoms with van der Waals surface area (Å²) in [6.07, 6.45) is 1.58. The first-order chi connectivity index (χ1) is 17.4. The van der Waals surface area contributed by atoms with Gasteiger partial charge in [-0.05, 0) is 37.0 Å². The van der Waals surface area contributed by atoms with Crippen LogP contribution in [0, 0.1) is 12.7 Å². The molecule has 36 heavy (non-hydrogen) atoms. The molecule has 4 atom stereocenters. The van der Waals surface area contributed by atoms with Gasteiger partial charge in [0.25, 0.3) is 0 Å². The number of amides is 2. The van der Waals surface area contributed by atoms with Gasteiger partial charge < -0.3 is 30.1 Å². The number of aliphatic hydroxyl groups is 1. The molecule has 2 aliphatic heterocycles. The van der Waals surface area contributed by atoms with Crippen molar-refractivity contribution in [3.8, 4) is 11.1 Å². The molecule has 0 aromatic heterocycles. The van der Waals surface area contributed by atoms with Crippen LogP contribution in [0.5, 0.6) is 0 Å². The number of urea groups is 1. The number of halogens is 1. The van der Waals surface area contributed by atoms with Gasteiger partial charge in [0.15, 0.2) is 0 Å². The first kappa shape index (κ1) is 26.5. The Bertz CT molecular complexity index is 1030. The van der Waals surface area contributed by atoms with Gasteiger partial charge in [0.2, 0.25) is 0 Å². The van der Waals surface area contributed by atoms with Crippen molar-refractivity contribution in [3.63, 3.8) is 0 Å². The van der Waals surface area contributed by atoms with Crippen LogP contribution >= 0.6 is 0 Å². The maximum atomic E-state index is 15.4. The molecule has 2 aromatic carbocycles. The molecular formula is C28H38FN3O4. The van der Waals surface area contributed by atoms with Gasteiger partial charge in [-0.25, -0.2) is 9.18 Å². The zero-order valence-electron chi connectivity index (χ0n) is 21.2. The minimum atomic E-state index is -0.705. The molecule has 2 amide bonds. The molecule has 2 aromatic rings. The summed E-state index contributed by atoms with van der Waals surface area (Å²) >= 11 is 0. The number of carbonyl (C=O) groups excluding carboxylic acids is 1. The number of carbonyl (C=O) groups is 1. The number of unbranched alkanes of at least 4 members (excludes halogenated alkanes) is 1. The topological polar surface area (TPSA) is 88.3 Å². The Balaban J connectivity index is 1.62. The SMILES string of the molecule is COCCCC[C@H](c1cccc(F)c1-c1cccc(C)c1)C1CN(C(=O)N2C[C@@H](N)[C@@H](O)C2)CCO1. The van der Waals surface area contributed by atoms with Crippen molar-refractivity contribution in [1.82, 2.24) is 9.80 Å². The average molecular weight is 500 g/mol. The molecule has 2 aliphatic rings. The minimum Gasteiger partial charge on any atom is -0.390 e. The predicted octanol–water partition coefficient (Wildman–Crippen LogP) is 3.53. The van der Waals surface area contributed by atoms with E-state index in [-0.39, 0.29) is 30.4 Å². The number of aliphatic hydroxyl groups excluding tert-OH is 1. The lowest BCUT2D eigenvalue weighted by Crippen LogP contribution is -2.52. The predicted molar refractivity (Wildman–Crippen MR) is 137 cm³/mol. The van der Waals surface area contributed by atoms with E-state index in [0.717, 1.165) is 36.0 Å². The van der Waals surface area contributed by atoms with Crippen molar-refractivity contribution in [2.45, 2.75) is 50.4 Å². The standard InChI is InChI=1S/C28H38FN3O4/c1-19-7-5-8-20(15-19)27-22(10-6-11-23(27)29)21(9-3-4-13-35-2)26-18-31(12-14-36-26)28(34)32-16-24(30)25(33)17-32/h5-8,10-11,15,21,24-26,33H,3-4,9,12-14,16-18,30H2,1-2H3/t21-,24-,25+,26?/m1/s1. The summed E-state index contributed by atoms with van der Waals surface area (Å²) in [5, 5.41) is 10.0. The second-order valence-electron chi connectivity index (χ2n) is 9.94. The third kappa shape index (κ3) is 6.06. The second kappa shape index (κ2) is 12.1. The highest BCUT2D eigenvalue weighted by molar-refractivity contribution is 5.75. The van der Waals surface area contributed by atoms with Gasteiger partial charge in [0, 0.05) is 57.4 Å². The highest BCUT2D eigenvalue weighted by atomic mass is 19.1. The van der Waals surface area contributed by atoms with E-state index >= 15 is 4.39 Å². The fraction of sp³-hybridized carbons (Fsp3) is 0.536. The number of morpholine rings is 1. The molecule has 0 saturated carbocycles. The molecule has 0 bridgehead atoms. The summed E-state index contributed by atoms with van der Waals surface area (Å²) < 4.78 is 26.8. The largest absolute Gasteiger partial charge is 0.390 e. The van der Waals surface area contributed by atoms with Crippen LogP contribution in [-0.4, -0.2) is 85.7 Å². The zero-order chi connectivity index (χ0) is 25.7. The van der Waals surface area contributed by atoms with Gasteiger partial charge in [-0.1, -0.05) is 48.4 Å². The van der Waals surface area contributed by atoms with Gasteiger partial charge in [0.05, 0.1) is 18.8 Å². The molecule has 3 N–H and O–H groups in total. The fourth-order valence-electron chi connectivity index (χ4n) is 5.37. The molecule has 4 rings (SSSR count). The van der Waals surface area contributed by atoms with Gasteiger partial charge in [0.1, 0.15) is 5.82 Å². The van der Waals surface area contributed by atoms with Crippen LogP contribution in [0.4, 0.5) is 9.18 Å². The van der Waals surface area contributed by atoms with E-state index in [1.54, 1.807) is 23.0 Å². The second-order valence-corrected chi connectivity index (χ2v) is 9.94. The summed E-state index contributed by atoms with van der Waals surface area (Å²) in [7, 11) is 1.69. The van der Waals surface area contributed by atoms with Gasteiger partial charge in [-0.15, -0.1) is 0 Å². The maximum Gasteiger partial charge on any atom is 0.320 e. The molecule has 0 aliphatic carbocycles. The van der Waals surface area contributed by atoms with E-state index in [0.29, 0.717) is 38.4 Å². The number of ether oxygens (including phenoxy) is 2. The molecular weight excluding hydrogens is 461 g/mol. The number of nitrogens with two attached hydrogens (primary N) is 1. The molecule has 8 heteroatoms. The van der Waals surface area contributed by atoms with Crippen molar-refractivity contribution >= 4 is 6.03 Å². The number of hydrogen-bond donors (Lipinski definition) is 2. The first-order valence-electron chi connectivity index (χ1n) is 12.8. The number of likely N-dealkylation sites (tertiary alicyclic amines) is 1. The lowest BCUT2D eigenvalue weighted by Gasteiger charge is -2.39. The van der Waals surface area contributed by atoms with E-state index in [1.165, 1.54) is 6.07 Å². The van der Waals surface area contributed by atoms with Crippen LogP contribution in [-0.2, 0) is 9.47 Å². The molecule has 0 spiro atoms. The Labute approximate surface area is 213 Å². The molecule has 2 heterocycles. The van der Waals surface area contributed by atoms with Crippen LogP contribution in [0.15, 0.2) is 42.5 Å². The fourth-order valence-corrected chi connectivity index (χ4v) is 5.37. The Hall–Kier alpha value is -2.52. The van der Waals surface area contributed by atoms with Gasteiger partial charge >= 0.3 is 6.03 Å². The highest BCUT2D eigenvalue weighted by Gasteiger charge is 2.38. The number of rotatable bonds is 8. The van der Waals surface area contributed by atoms with Crippen LogP contribution < -0.4 is 5.73 Å². The maximum absolute atomic E-state index is 15.4. The normalized spacial score (nSPS) is 23.2. The quantitative estimate of drug-likeness (QED) is 0.543. The molecule has 2 fully saturated rings. The van der Waals surface area contributed by atoms with Crippen LogP contribution in [0.1, 0.15) is 36.3 Å². The van der Waals surface area contributed by atoms with Crippen LogP contribution in [0.3, 0.4) is 0 Å². The Kier molecular flexibility index (Phi) is 8.95. The Morgan fingerprint density at radius 1 is 1.19 bits per heavy atom. The molecule has 1 unspecified atom stereocenters. The third-order valence-electron chi connectivity index (χ3n) is 7.28. The molecule has 2 saturated heterocycles. The summed E-state index contributed by atoms with van der Waals surface area (Å²) in [5.41, 5.74) is 9.33.